The van der Waals surface area contributed by atoms with E-state index in [9.17, 15) is 14.9 Å². The van der Waals surface area contributed by atoms with Crippen LogP contribution in [0.25, 0.3) is 16.7 Å². The number of amides is 1. The molecule has 3 saturated heterocycles. The van der Waals surface area contributed by atoms with Crippen molar-refractivity contribution in [1.82, 2.24) is 28.8 Å². The van der Waals surface area contributed by atoms with Crippen LogP contribution in [-0.2, 0) is 9.53 Å². The number of nitriles is 1. The van der Waals surface area contributed by atoms with Crippen molar-refractivity contribution in [2.24, 2.45) is 11.8 Å². The lowest BCUT2D eigenvalue weighted by molar-refractivity contribution is -0.139. The lowest BCUT2D eigenvalue weighted by Gasteiger charge is -2.50. The normalized spacial score (nSPS) is 20.6. The minimum absolute atomic E-state index is 0.171. The number of hydrogen-bond donors (Lipinski definition) is 1. The second kappa shape index (κ2) is 13.9. The Hall–Kier alpha value is -4.70. The molecule has 3 aliphatic heterocycles. The molecule has 0 radical (unpaired) electrons. The van der Waals surface area contributed by atoms with Crippen LogP contribution in [0.15, 0.2) is 71.7 Å². The number of nitrogen functional groups attached to an aromatic ring is 1. The monoisotopic (exact) mass is 678 g/mol. The van der Waals surface area contributed by atoms with Crippen molar-refractivity contribution in [2.75, 3.05) is 58.2 Å². The molecule has 3 aliphatic rings. The Balaban J connectivity index is 1.11. The molecule has 2 aromatic heterocycles. The first-order valence-electron chi connectivity index (χ1n) is 17.6. The van der Waals surface area contributed by atoms with Crippen LogP contribution in [0.5, 0.6) is 11.5 Å². The number of fused-ring (bicyclic) bond motifs is 1. The number of piperidine rings is 1. The van der Waals surface area contributed by atoms with Gasteiger partial charge in [-0.05, 0) is 75.1 Å². The Morgan fingerprint density at radius 2 is 1.70 bits per heavy atom. The number of carbonyl (C=O) groups is 1. The van der Waals surface area contributed by atoms with Gasteiger partial charge in [-0.3, -0.25) is 23.7 Å². The Morgan fingerprint density at radius 1 is 1.00 bits per heavy atom. The molecule has 1 amide bonds. The number of rotatable bonds is 9. The third-order valence-corrected chi connectivity index (χ3v) is 11.2. The predicted octanol–water partition coefficient (Wildman–Crippen LogP) is 4.30. The van der Waals surface area contributed by atoms with E-state index in [1.807, 2.05) is 61.5 Å². The molecule has 262 valence electrons. The highest BCUT2D eigenvalue weighted by Crippen LogP contribution is 2.35. The summed E-state index contributed by atoms with van der Waals surface area (Å²) < 4.78 is 14.7. The van der Waals surface area contributed by atoms with Crippen molar-refractivity contribution in [3.8, 4) is 23.3 Å². The third kappa shape index (κ3) is 6.25. The molecule has 0 bridgehead atoms. The van der Waals surface area contributed by atoms with E-state index < -0.39 is 5.92 Å². The Morgan fingerprint density at radius 3 is 2.36 bits per heavy atom. The first-order chi connectivity index (χ1) is 24.2. The molecule has 12 heteroatoms. The molecule has 3 atom stereocenters. The lowest BCUT2D eigenvalue weighted by Crippen LogP contribution is -2.62. The number of pyridine rings is 1. The average molecular weight is 679 g/mol. The van der Waals surface area contributed by atoms with E-state index in [4.69, 9.17) is 15.2 Å². The summed E-state index contributed by atoms with van der Waals surface area (Å²) in [4.78, 5) is 39.5. The summed E-state index contributed by atoms with van der Waals surface area (Å²) in [5.74, 6) is 0.414. The molecule has 4 aromatic rings. The van der Waals surface area contributed by atoms with Crippen LogP contribution in [0, 0.1) is 23.2 Å². The molecule has 0 spiro atoms. The summed E-state index contributed by atoms with van der Waals surface area (Å²) in [7, 11) is 0. The van der Waals surface area contributed by atoms with Crippen LogP contribution in [0.1, 0.15) is 39.7 Å². The highest BCUT2D eigenvalue weighted by Gasteiger charge is 2.44. The quantitative estimate of drug-likeness (QED) is 0.275. The van der Waals surface area contributed by atoms with Gasteiger partial charge in [0, 0.05) is 51.0 Å². The number of nitrogens with two attached hydrogens (primary N) is 1. The number of aromatic nitrogens is 3. The van der Waals surface area contributed by atoms with Crippen LogP contribution in [-0.4, -0.2) is 98.8 Å². The van der Waals surface area contributed by atoms with Gasteiger partial charge >= 0.3 is 5.69 Å². The molecular weight excluding hydrogens is 632 g/mol. The minimum atomic E-state index is -0.809. The van der Waals surface area contributed by atoms with Gasteiger partial charge in [-0.2, -0.15) is 5.26 Å². The van der Waals surface area contributed by atoms with Gasteiger partial charge in [-0.1, -0.05) is 25.1 Å². The van der Waals surface area contributed by atoms with Crippen molar-refractivity contribution in [3.63, 3.8) is 0 Å². The third-order valence-electron chi connectivity index (χ3n) is 11.2. The first kappa shape index (κ1) is 33.8. The summed E-state index contributed by atoms with van der Waals surface area (Å²) in [6.45, 7) is 12.5. The van der Waals surface area contributed by atoms with Gasteiger partial charge in [-0.15, -0.1) is 0 Å². The van der Waals surface area contributed by atoms with Crippen molar-refractivity contribution in [1.29, 1.82) is 5.26 Å². The van der Waals surface area contributed by atoms with E-state index in [1.165, 1.54) is 0 Å². The molecule has 2 aromatic carbocycles. The standard InChI is InChI=1S/C38H46N8O4/c1-26(38(2,3)44-20-18-42(19-21-44)29-24-49-25-29)32(22-39)36(47)43-17-7-8-28(23-43)45-33-15-16-41-35(40)34(33)46(37(45)48)27-11-13-31(14-12-27)50-30-9-5-4-6-10-30/h4-6,9-16,26,28-29,32H,7-8,17-21,23-25H2,1-3H3,(H2,40,41)/t26?,28-,32?/m1/s1. The smallest absolute Gasteiger partial charge is 0.334 e. The fourth-order valence-electron chi connectivity index (χ4n) is 7.81. The molecule has 2 unspecified atom stereocenters. The number of hydrogen-bond acceptors (Lipinski definition) is 9. The van der Waals surface area contributed by atoms with Crippen LogP contribution in [0.2, 0.25) is 0 Å². The molecule has 3 fully saturated rings. The van der Waals surface area contributed by atoms with Gasteiger partial charge < -0.3 is 20.1 Å². The number of carbonyl (C=O) groups excluding carboxylic acids is 1. The Labute approximate surface area is 292 Å². The van der Waals surface area contributed by atoms with E-state index in [1.54, 1.807) is 26.3 Å². The number of benzene rings is 2. The summed E-state index contributed by atoms with van der Waals surface area (Å²) >= 11 is 0. The molecule has 7 rings (SSSR count). The van der Waals surface area contributed by atoms with E-state index in [0.29, 0.717) is 60.2 Å². The Bertz CT molecular complexity index is 1920. The summed E-state index contributed by atoms with van der Waals surface area (Å²) in [6, 6.07) is 21.2. The zero-order valence-corrected chi connectivity index (χ0v) is 29.1. The van der Waals surface area contributed by atoms with Crippen molar-refractivity contribution in [3.05, 3.63) is 77.3 Å². The summed E-state index contributed by atoms with van der Waals surface area (Å²) in [5, 5.41) is 10.4. The fourth-order valence-corrected chi connectivity index (χ4v) is 7.81. The van der Waals surface area contributed by atoms with Crippen LogP contribution >= 0.6 is 0 Å². The average Bonchev–Trinajstić information content (AvgIpc) is 3.41. The van der Waals surface area contributed by atoms with E-state index in [-0.39, 0.29) is 34.9 Å². The number of para-hydroxylation sites is 1. The van der Waals surface area contributed by atoms with Gasteiger partial charge in [0.25, 0.3) is 0 Å². The van der Waals surface area contributed by atoms with Gasteiger partial charge in [0.2, 0.25) is 5.91 Å². The molecule has 12 nitrogen and oxygen atoms in total. The molecule has 2 N–H and O–H groups in total. The second-order valence-electron chi connectivity index (χ2n) is 14.3. The number of nitrogens with zero attached hydrogens (tertiary/aromatic N) is 7. The van der Waals surface area contributed by atoms with Crippen molar-refractivity contribution in [2.45, 2.75) is 51.2 Å². The number of piperazine rings is 1. The number of likely N-dealkylation sites (tertiary alicyclic amines) is 1. The number of ether oxygens (including phenoxy) is 2. The zero-order valence-electron chi connectivity index (χ0n) is 29.1. The maximum Gasteiger partial charge on any atom is 0.334 e. The summed E-state index contributed by atoms with van der Waals surface area (Å²) in [5.41, 5.74) is 7.61. The number of imidazole rings is 1. The highest BCUT2D eigenvalue weighted by molar-refractivity contribution is 5.87. The highest BCUT2D eigenvalue weighted by atomic mass is 16.5. The lowest BCUT2D eigenvalue weighted by atomic mass is 9.77. The topological polar surface area (TPSA) is 135 Å². The SMILES string of the molecule is CC(C(C#N)C(=O)N1CCC[C@@H](n2c(=O)n(-c3ccc(Oc4ccccc4)cc3)c3c(N)nccc32)C1)C(C)(C)N1CCN(C2COC2)CC1. The maximum atomic E-state index is 14.3. The van der Waals surface area contributed by atoms with Crippen LogP contribution in [0.3, 0.4) is 0 Å². The van der Waals surface area contributed by atoms with E-state index in [2.05, 4.69) is 34.7 Å². The molecule has 0 saturated carbocycles. The van der Waals surface area contributed by atoms with Gasteiger partial charge in [0.05, 0.1) is 42.6 Å². The van der Waals surface area contributed by atoms with Gasteiger partial charge in [0.1, 0.15) is 28.8 Å². The van der Waals surface area contributed by atoms with Crippen LogP contribution in [0.4, 0.5) is 5.82 Å². The molecular formula is C38H46N8O4. The summed E-state index contributed by atoms with van der Waals surface area (Å²) in [6.07, 6.45) is 3.03. The van der Waals surface area contributed by atoms with E-state index in [0.717, 1.165) is 39.4 Å². The first-order valence-corrected chi connectivity index (χ1v) is 17.6. The molecule has 5 heterocycles. The zero-order chi connectivity index (χ0) is 35.0. The Kier molecular flexibility index (Phi) is 9.39. The van der Waals surface area contributed by atoms with Crippen LogP contribution < -0.4 is 16.2 Å². The number of anilines is 1. The van der Waals surface area contributed by atoms with Crippen molar-refractivity contribution >= 4 is 22.8 Å². The van der Waals surface area contributed by atoms with Crippen molar-refractivity contribution < 1.29 is 14.3 Å². The molecule has 0 aliphatic carbocycles. The predicted molar refractivity (Wildman–Crippen MR) is 191 cm³/mol. The van der Waals surface area contributed by atoms with Gasteiger partial charge in [0.15, 0.2) is 0 Å². The van der Waals surface area contributed by atoms with Gasteiger partial charge in [-0.25, -0.2) is 9.78 Å². The molecule has 50 heavy (non-hydrogen) atoms. The van der Waals surface area contributed by atoms with E-state index >= 15 is 0 Å². The largest absolute Gasteiger partial charge is 0.457 e. The maximum absolute atomic E-state index is 14.3. The fraction of sp³-hybridized carbons (Fsp3) is 0.474. The second-order valence-corrected chi connectivity index (χ2v) is 14.3. The minimum Gasteiger partial charge on any atom is -0.457 e.